The highest BCUT2D eigenvalue weighted by molar-refractivity contribution is 5.74. The lowest BCUT2D eigenvalue weighted by molar-refractivity contribution is -0.121. The first-order chi connectivity index (χ1) is 7.17. The average Bonchev–Trinajstić information content (AvgIpc) is 2.37. The monoisotopic (exact) mass is 229 g/mol. The summed E-state index contributed by atoms with van der Waals surface area (Å²) >= 11 is 0. The number of rotatable bonds is 1. The van der Waals surface area contributed by atoms with Crippen molar-refractivity contribution in [1.29, 1.82) is 0 Å². The topological polar surface area (TPSA) is 55.8 Å². The van der Waals surface area contributed by atoms with Gasteiger partial charge in [-0.1, -0.05) is 0 Å². The van der Waals surface area contributed by atoms with Crippen LogP contribution in [0.15, 0.2) is 0 Å². The second-order valence-corrected chi connectivity index (χ2v) is 5.50. The number of amides is 1. The van der Waals surface area contributed by atoms with Gasteiger partial charge in [-0.15, -0.1) is 0 Å². The highest BCUT2D eigenvalue weighted by Gasteiger charge is 2.45. The smallest absolute Gasteiger partial charge is 0.413 e. The molecule has 0 aliphatic carbocycles. The molecule has 0 radical (unpaired) electrons. The Morgan fingerprint density at radius 2 is 2.06 bits per heavy atom. The van der Waals surface area contributed by atoms with E-state index in [4.69, 9.17) is 9.47 Å². The predicted molar refractivity (Wildman–Crippen MR) is 58.0 cm³/mol. The average molecular weight is 229 g/mol. The molecule has 1 aliphatic rings. The number of aldehydes is 1. The Hall–Kier alpha value is -1.10. The first-order valence-corrected chi connectivity index (χ1v) is 5.26. The van der Waals surface area contributed by atoms with Gasteiger partial charge in [0, 0.05) is 0 Å². The molecule has 92 valence electrons. The quantitative estimate of drug-likeness (QED) is 0.640. The molecule has 0 aromatic carbocycles. The number of ether oxygens (including phenoxy) is 2. The van der Waals surface area contributed by atoms with Gasteiger partial charge in [0.2, 0.25) is 0 Å². The molecular formula is C11H19NO4. The van der Waals surface area contributed by atoms with Crippen molar-refractivity contribution >= 4 is 12.4 Å². The molecule has 0 aromatic rings. The molecular weight excluding hydrogens is 210 g/mol. The highest BCUT2D eigenvalue weighted by Crippen LogP contribution is 2.27. The van der Waals surface area contributed by atoms with E-state index >= 15 is 0 Å². The summed E-state index contributed by atoms with van der Waals surface area (Å²) in [5.41, 5.74) is -1.10. The lowest BCUT2D eigenvalue weighted by Gasteiger charge is -2.33. The standard InChI is InChI=1S/C11H19NO4/c1-10(2,3)16-9(14)12-8(6-13)15-7-11(12,4)5/h6,8H,7H2,1-5H3. The van der Waals surface area contributed by atoms with E-state index in [1.165, 1.54) is 4.90 Å². The number of hydrogen-bond donors (Lipinski definition) is 0. The van der Waals surface area contributed by atoms with Crippen LogP contribution in [0, 0.1) is 0 Å². The minimum Gasteiger partial charge on any atom is -0.444 e. The van der Waals surface area contributed by atoms with Crippen molar-refractivity contribution in [3.8, 4) is 0 Å². The number of nitrogens with zero attached hydrogens (tertiary/aromatic N) is 1. The van der Waals surface area contributed by atoms with E-state index in [0.29, 0.717) is 12.9 Å². The maximum atomic E-state index is 11.9. The molecule has 1 unspecified atom stereocenters. The third-order valence-corrected chi connectivity index (χ3v) is 2.22. The van der Waals surface area contributed by atoms with Gasteiger partial charge in [-0.25, -0.2) is 4.79 Å². The van der Waals surface area contributed by atoms with Crippen molar-refractivity contribution < 1.29 is 19.1 Å². The highest BCUT2D eigenvalue weighted by atomic mass is 16.6. The van der Waals surface area contributed by atoms with Gasteiger partial charge in [-0.05, 0) is 34.6 Å². The van der Waals surface area contributed by atoms with Gasteiger partial charge in [-0.3, -0.25) is 9.69 Å². The van der Waals surface area contributed by atoms with Gasteiger partial charge >= 0.3 is 6.09 Å². The Balaban J connectivity index is 2.83. The fourth-order valence-corrected chi connectivity index (χ4v) is 1.54. The Kier molecular flexibility index (Phi) is 3.28. The molecule has 1 rings (SSSR count). The fourth-order valence-electron chi connectivity index (χ4n) is 1.54. The number of hydrogen-bond acceptors (Lipinski definition) is 4. The summed E-state index contributed by atoms with van der Waals surface area (Å²) in [6.45, 7) is 9.34. The van der Waals surface area contributed by atoms with Crippen LogP contribution in [0.25, 0.3) is 0 Å². The fraction of sp³-hybridized carbons (Fsp3) is 0.818. The zero-order valence-corrected chi connectivity index (χ0v) is 10.4. The molecule has 16 heavy (non-hydrogen) atoms. The summed E-state index contributed by atoms with van der Waals surface area (Å²) in [6, 6.07) is 0. The Bertz CT molecular complexity index is 293. The Labute approximate surface area is 95.7 Å². The summed E-state index contributed by atoms with van der Waals surface area (Å²) in [5, 5.41) is 0. The summed E-state index contributed by atoms with van der Waals surface area (Å²) in [4.78, 5) is 24.1. The van der Waals surface area contributed by atoms with Crippen LogP contribution in [0.5, 0.6) is 0 Å². The summed E-state index contributed by atoms with van der Waals surface area (Å²) < 4.78 is 10.5. The summed E-state index contributed by atoms with van der Waals surface area (Å²) in [6.07, 6.45) is -0.754. The molecule has 1 amide bonds. The van der Waals surface area contributed by atoms with Crippen molar-refractivity contribution in [2.24, 2.45) is 0 Å². The molecule has 0 bridgehead atoms. The zero-order valence-electron chi connectivity index (χ0n) is 10.4. The van der Waals surface area contributed by atoms with Crippen LogP contribution in [0.1, 0.15) is 34.6 Å². The van der Waals surface area contributed by atoms with Gasteiger partial charge < -0.3 is 9.47 Å². The van der Waals surface area contributed by atoms with Gasteiger partial charge in [0.25, 0.3) is 0 Å². The maximum absolute atomic E-state index is 11.9. The van der Waals surface area contributed by atoms with Crippen molar-refractivity contribution in [2.75, 3.05) is 6.61 Å². The van der Waals surface area contributed by atoms with Crippen molar-refractivity contribution in [3.63, 3.8) is 0 Å². The number of carbonyl (C=O) groups is 2. The van der Waals surface area contributed by atoms with Crippen LogP contribution >= 0.6 is 0 Å². The third-order valence-electron chi connectivity index (χ3n) is 2.22. The first-order valence-electron chi connectivity index (χ1n) is 5.26. The molecule has 0 aromatic heterocycles. The summed E-state index contributed by atoms with van der Waals surface area (Å²) in [7, 11) is 0. The van der Waals surface area contributed by atoms with Gasteiger partial charge in [-0.2, -0.15) is 0 Å². The largest absolute Gasteiger partial charge is 0.444 e. The van der Waals surface area contributed by atoms with E-state index in [9.17, 15) is 9.59 Å². The van der Waals surface area contributed by atoms with Crippen LogP contribution < -0.4 is 0 Å². The molecule has 1 aliphatic heterocycles. The molecule has 0 N–H and O–H groups in total. The van der Waals surface area contributed by atoms with E-state index in [-0.39, 0.29) is 0 Å². The predicted octanol–water partition coefficient (Wildman–Crippen LogP) is 1.56. The van der Waals surface area contributed by atoms with Crippen molar-refractivity contribution in [1.82, 2.24) is 4.90 Å². The minimum absolute atomic E-state index is 0.329. The molecule has 1 heterocycles. The van der Waals surface area contributed by atoms with Gasteiger partial charge in [0.05, 0.1) is 12.1 Å². The molecule has 5 nitrogen and oxygen atoms in total. The first kappa shape index (κ1) is 13.0. The van der Waals surface area contributed by atoms with E-state index in [1.807, 2.05) is 13.8 Å². The normalized spacial score (nSPS) is 24.3. The zero-order chi connectivity index (χ0) is 12.6. The van der Waals surface area contributed by atoms with Crippen molar-refractivity contribution in [2.45, 2.75) is 52.0 Å². The van der Waals surface area contributed by atoms with E-state index in [1.54, 1.807) is 20.8 Å². The van der Waals surface area contributed by atoms with Crippen molar-refractivity contribution in [3.05, 3.63) is 0 Å². The van der Waals surface area contributed by atoms with Crippen LogP contribution in [0.2, 0.25) is 0 Å². The Morgan fingerprint density at radius 1 is 1.50 bits per heavy atom. The van der Waals surface area contributed by atoms with E-state index in [0.717, 1.165) is 0 Å². The second-order valence-electron chi connectivity index (χ2n) is 5.50. The molecule has 5 heteroatoms. The third kappa shape index (κ3) is 2.72. The molecule has 0 spiro atoms. The molecule has 1 saturated heterocycles. The van der Waals surface area contributed by atoms with Crippen LogP contribution in [-0.2, 0) is 14.3 Å². The van der Waals surface area contributed by atoms with E-state index in [2.05, 4.69) is 0 Å². The number of carbonyl (C=O) groups excluding carboxylic acids is 2. The Morgan fingerprint density at radius 3 is 2.50 bits per heavy atom. The lowest BCUT2D eigenvalue weighted by Crippen LogP contribution is -2.50. The second kappa shape index (κ2) is 4.05. The molecule has 1 fully saturated rings. The van der Waals surface area contributed by atoms with Gasteiger partial charge in [0.1, 0.15) is 5.60 Å². The van der Waals surface area contributed by atoms with Crippen LogP contribution in [-0.4, -0.2) is 41.3 Å². The summed E-state index contributed by atoms with van der Waals surface area (Å²) in [5.74, 6) is 0. The minimum atomic E-state index is -0.843. The molecule has 1 atom stereocenters. The maximum Gasteiger partial charge on any atom is 0.413 e. The lowest BCUT2D eigenvalue weighted by atomic mass is 10.1. The van der Waals surface area contributed by atoms with Crippen LogP contribution in [0.3, 0.4) is 0 Å². The van der Waals surface area contributed by atoms with E-state index < -0.39 is 23.5 Å². The SMILES string of the molecule is CC(C)(C)OC(=O)N1C(C=O)OCC1(C)C. The van der Waals surface area contributed by atoms with Gasteiger partial charge in [0.15, 0.2) is 12.5 Å². The van der Waals surface area contributed by atoms with Crippen LogP contribution in [0.4, 0.5) is 4.79 Å². The molecule has 0 saturated carbocycles.